The molecule has 0 saturated heterocycles. The lowest BCUT2D eigenvalue weighted by molar-refractivity contribution is 0.108. The zero-order valence-corrected chi connectivity index (χ0v) is 9.20. The van der Waals surface area contributed by atoms with E-state index in [1.807, 2.05) is 0 Å². The highest BCUT2D eigenvalue weighted by Gasteiger charge is 2.13. The Morgan fingerprint density at radius 1 is 1.33 bits per heavy atom. The van der Waals surface area contributed by atoms with Gasteiger partial charge in [-0.15, -0.1) is 9.24 Å². The molecule has 1 aromatic rings. The summed E-state index contributed by atoms with van der Waals surface area (Å²) in [6.45, 7) is 0. The van der Waals surface area contributed by atoms with E-state index in [9.17, 15) is 4.79 Å². The van der Waals surface area contributed by atoms with Crippen molar-refractivity contribution < 1.29 is 4.79 Å². The Morgan fingerprint density at radius 3 is 2.33 bits per heavy atom. The van der Waals surface area contributed by atoms with Crippen molar-refractivity contribution in [3.05, 3.63) is 27.7 Å². The van der Waals surface area contributed by atoms with Crippen LogP contribution in [0, 0.1) is 0 Å². The third-order valence-corrected chi connectivity index (χ3v) is 2.89. The lowest BCUT2D eigenvalue weighted by Gasteiger charge is -2.03. The van der Waals surface area contributed by atoms with Gasteiger partial charge in [-0.05, 0) is 23.0 Å². The van der Waals surface area contributed by atoms with E-state index in [0.717, 1.165) is 0 Å². The smallest absolute Gasteiger partial charge is 0.255 e. The molecule has 1 aromatic carbocycles. The maximum absolute atomic E-state index is 10.8. The monoisotopic (exact) mass is 240 g/mol. The highest BCUT2D eigenvalue weighted by molar-refractivity contribution is 7.28. The first-order valence-corrected chi connectivity index (χ1v) is 4.68. The Kier molecular flexibility index (Phi) is 3.37. The van der Waals surface area contributed by atoms with Crippen molar-refractivity contribution in [2.45, 2.75) is 0 Å². The number of carbonyl (C=O) groups is 1. The molecule has 0 aliphatic heterocycles. The molecule has 0 radical (unpaired) electrons. The molecule has 0 fully saturated rings. The van der Waals surface area contributed by atoms with Crippen LogP contribution in [0.2, 0.25) is 10.0 Å². The zero-order chi connectivity index (χ0) is 9.30. The van der Waals surface area contributed by atoms with Gasteiger partial charge in [0.2, 0.25) is 0 Å². The molecule has 1 unspecified atom stereocenters. The van der Waals surface area contributed by atoms with Crippen molar-refractivity contribution in [2.75, 3.05) is 0 Å². The number of hydrogen-bond donors (Lipinski definition) is 0. The Balaban J connectivity index is 3.43. The second kappa shape index (κ2) is 3.93. The molecule has 0 aliphatic carbocycles. The molecule has 0 amide bonds. The molecule has 0 heterocycles. The van der Waals surface area contributed by atoms with Crippen molar-refractivity contribution in [1.29, 1.82) is 0 Å². The van der Waals surface area contributed by atoms with Gasteiger partial charge in [-0.2, -0.15) is 0 Å². The number of benzene rings is 1. The number of rotatable bonds is 1. The van der Waals surface area contributed by atoms with Gasteiger partial charge in [0.15, 0.2) is 0 Å². The van der Waals surface area contributed by atoms with Crippen LogP contribution in [0.4, 0.5) is 0 Å². The molecule has 0 spiro atoms. The fourth-order valence-electron chi connectivity index (χ4n) is 0.749. The van der Waals surface area contributed by atoms with E-state index in [1.165, 1.54) is 0 Å². The molecule has 0 aliphatic rings. The average molecular weight is 241 g/mol. The van der Waals surface area contributed by atoms with Gasteiger partial charge in [-0.3, -0.25) is 4.79 Å². The number of carbonyl (C=O) groups excluding carboxylic acids is 1. The van der Waals surface area contributed by atoms with Crippen molar-refractivity contribution in [2.24, 2.45) is 0 Å². The normalized spacial score (nSPS) is 10.0. The number of halogens is 3. The van der Waals surface area contributed by atoms with Crippen LogP contribution in [0.1, 0.15) is 10.4 Å². The molecule has 0 aromatic heterocycles. The standard InChI is InChI=1S/C7H4Cl3OP/c8-3-1-2-4(12)6(9)5(3)7(10)11/h1-2H,12H2. The topological polar surface area (TPSA) is 17.1 Å². The van der Waals surface area contributed by atoms with E-state index >= 15 is 0 Å². The van der Waals surface area contributed by atoms with Crippen LogP contribution < -0.4 is 5.30 Å². The Morgan fingerprint density at radius 2 is 1.92 bits per heavy atom. The fraction of sp³-hybridized carbons (Fsp3) is 0. The lowest BCUT2D eigenvalue weighted by atomic mass is 10.2. The van der Waals surface area contributed by atoms with Gasteiger partial charge in [0, 0.05) is 0 Å². The molecular formula is C7H4Cl3OP. The van der Waals surface area contributed by atoms with Crippen molar-refractivity contribution in [3.63, 3.8) is 0 Å². The second-order valence-electron chi connectivity index (χ2n) is 2.10. The molecule has 1 atom stereocenters. The van der Waals surface area contributed by atoms with E-state index in [-0.39, 0.29) is 15.6 Å². The summed E-state index contributed by atoms with van der Waals surface area (Å²) in [6.07, 6.45) is 0. The summed E-state index contributed by atoms with van der Waals surface area (Å²) in [4.78, 5) is 10.8. The summed E-state index contributed by atoms with van der Waals surface area (Å²) in [6, 6.07) is 3.27. The summed E-state index contributed by atoms with van der Waals surface area (Å²) in [5.41, 5.74) is 0.160. The van der Waals surface area contributed by atoms with Crippen LogP contribution in [-0.2, 0) is 0 Å². The van der Waals surface area contributed by atoms with E-state index in [0.29, 0.717) is 5.30 Å². The summed E-state index contributed by atoms with van der Waals surface area (Å²) >= 11 is 16.7. The molecular weight excluding hydrogens is 237 g/mol. The maximum Gasteiger partial charge on any atom is 0.255 e. The zero-order valence-electron chi connectivity index (χ0n) is 5.77. The summed E-state index contributed by atoms with van der Waals surface area (Å²) in [7, 11) is 2.39. The third-order valence-electron chi connectivity index (χ3n) is 1.32. The Bertz CT molecular complexity index is 338. The molecule has 0 saturated carbocycles. The molecule has 1 nitrogen and oxygen atoms in total. The van der Waals surface area contributed by atoms with Crippen molar-refractivity contribution in [1.82, 2.24) is 0 Å². The lowest BCUT2D eigenvalue weighted by Crippen LogP contribution is -2.01. The van der Waals surface area contributed by atoms with Gasteiger partial charge < -0.3 is 0 Å². The van der Waals surface area contributed by atoms with Crippen LogP contribution in [0.3, 0.4) is 0 Å². The molecule has 1 rings (SSSR count). The molecule has 5 heteroatoms. The quantitative estimate of drug-likeness (QED) is 0.546. The highest BCUT2D eigenvalue weighted by Crippen LogP contribution is 2.25. The van der Waals surface area contributed by atoms with Gasteiger partial charge in [0.1, 0.15) is 0 Å². The highest BCUT2D eigenvalue weighted by atomic mass is 35.5. The molecule has 12 heavy (non-hydrogen) atoms. The second-order valence-corrected chi connectivity index (χ2v) is 3.85. The van der Waals surface area contributed by atoms with Crippen LogP contribution in [0.15, 0.2) is 12.1 Å². The van der Waals surface area contributed by atoms with Gasteiger partial charge in [-0.1, -0.05) is 29.3 Å². The largest absolute Gasteiger partial charge is 0.275 e. The first-order valence-electron chi connectivity index (χ1n) is 2.97. The van der Waals surface area contributed by atoms with Gasteiger partial charge in [0.25, 0.3) is 5.24 Å². The Labute approximate surface area is 87.2 Å². The summed E-state index contributed by atoms with van der Waals surface area (Å²) < 4.78 is 0. The minimum absolute atomic E-state index is 0.160. The minimum Gasteiger partial charge on any atom is -0.275 e. The van der Waals surface area contributed by atoms with Crippen LogP contribution in [0.5, 0.6) is 0 Å². The average Bonchev–Trinajstić information content (AvgIpc) is 1.97. The molecule has 64 valence electrons. The fourth-order valence-corrected chi connectivity index (χ4v) is 1.82. The first-order chi connectivity index (χ1) is 5.54. The van der Waals surface area contributed by atoms with Crippen molar-refractivity contribution >= 4 is 54.6 Å². The minimum atomic E-state index is -0.644. The Hall–Kier alpha value is 0.190. The summed E-state index contributed by atoms with van der Waals surface area (Å²) in [5, 5.41) is 0.609. The van der Waals surface area contributed by atoms with Gasteiger partial charge in [0.05, 0.1) is 15.6 Å². The third kappa shape index (κ3) is 1.92. The first kappa shape index (κ1) is 10.3. The SMILES string of the molecule is O=C(Cl)c1c(Cl)ccc(P)c1Cl. The van der Waals surface area contributed by atoms with Gasteiger partial charge in [-0.25, -0.2) is 0 Å². The predicted octanol–water partition coefficient (Wildman–Crippen LogP) is 2.87. The summed E-state index contributed by atoms with van der Waals surface area (Å²) in [5.74, 6) is 0. The van der Waals surface area contributed by atoms with Crippen LogP contribution in [0.25, 0.3) is 0 Å². The number of hydrogen-bond acceptors (Lipinski definition) is 1. The van der Waals surface area contributed by atoms with E-state index < -0.39 is 5.24 Å². The maximum atomic E-state index is 10.8. The van der Waals surface area contributed by atoms with E-state index in [2.05, 4.69) is 9.24 Å². The van der Waals surface area contributed by atoms with Crippen molar-refractivity contribution in [3.8, 4) is 0 Å². The predicted molar refractivity (Wildman–Crippen MR) is 56.0 cm³/mol. The van der Waals surface area contributed by atoms with Gasteiger partial charge >= 0.3 is 0 Å². The van der Waals surface area contributed by atoms with Crippen LogP contribution in [-0.4, -0.2) is 5.24 Å². The van der Waals surface area contributed by atoms with E-state index in [1.54, 1.807) is 12.1 Å². The molecule has 0 bridgehead atoms. The molecule has 0 N–H and O–H groups in total. The van der Waals surface area contributed by atoms with E-state index in [4.69, 9.17) is 34.8 Å². The van der Waals surface area contributed by atoms with Crippen LogP contribution >= 0.6 is 44.0 Å².